The van der Waals surface area contributed by atoms with Gasteiger partial charge in [-0.15, -0.1) is 0 Å². The van der Waals surface area contributed by atoms with Crippen LogP contribution >= 0.6 is 0 Å². The Kier molecular flexibility index (Phi) is 8.40. The van der Waals surface area contributed by atoms with Gasteiger partial charge in [-0.1, -0.05) is 62.4 Å². The number of carbonyl (C=O) groups is 2. The minimum Gasteiger partial charge on any atom is -0.497 e. The SMILES string of the molecule is COc1cccc(CN(CC(=O)O)C(=O)CCc2ccc3c(c2)C[C@](C)(Cc2ccc(C(C)C)cc2)O3)c1. The molecule has 1 atom stereocenters. The van der Waals surface area contributed by atoms with Crippen LogP contribution < -0.4 is 9.47 Å². The molecule has 1 amide bonds. The Hall–Kier alpha value is -3.80. The second-order valence-corrected chi connectivity index (χ2v) is 10.7. The number of fused-ring (bicyclic) bond motifs is 1. The maximum Gasteiger partial charge on any atom is 0.323 e. The van der Waals surface area contributed by atoms with E-state index in [0.29, 0.717) is 18.1 Å². The highest BCUT2D eigenvalue weighted by atomic mass is 16.5. The number of carboxylic acids is 1. The summed E-state index contributed by atoms with van der Waals surface area (Å²) in [6, 6.07) is 22.2. The lowest BCUT2D eigenvalue weighted by Gasteiger charge is -2.24. The number of hydrogen-bond donors (Lipinski definition) is 1. The minimum atomic E-state index is -1.03. The number of carbonyl (C=O) groups excluding carboxylic acids is 1. The largest absolute Gasteiger partial charge is 0.497 e. The third kappa shape index (κ3) is 6.94. The fourth-order valence-electron chi connectivity index (χ4n) is 5.08. The number of aryl methyl sites for hydroxylation is 1. The van der Waals surface area contributed by atoms with E-state index in [1.54, 1.807) is 7.11 Å². The minimum absolute atomic E-state index is 0.193. The highest BCUT2D eigenvalue weighted by Crippen LogP contribution is 2.38. The van der Waals surface area contributed by atoms with Gasteiger partial charge in [-0.05, 0) is 65.3 Å². The summed E-state index contributed by atoms with van der Waals surface area (Å²) in [5, 5.41) is 9.36. The molecule has 4 rings (SSSR count). The Morgan fingerprint density at radius 1 is 1.03 bits per heavy atom. The van der Waals surface area contributed by atoms with Crippen molar-refractivity contribution in [2.45, 2.75) is 64.5 Å². The molecule has 200 valence electrons. The highest BCUT2D eigenvalue weighted by Gasteiger charge is 2.35. The molecule has 0 saturated heterocycles. The predicted octanol–water partition coefficient (Wildman–Crippen LogP) is 5.80. The molecular formula is C32H37NO5. The van der Waals surface area contributed by atoms with Gasteiger partial charge < -0.3 is 19.5 Å². The van der Waals surface area contributed by atoms with Crippen LogP contribution in [0.3, 0.4) is 0 Å². The van der Waals surface area contributed by atoms with Gasteiger partial charge in [0, 0.05) is 25.8 Å². The van der Waals surface area contributed by atoms with E-state index >= 15 is 0 Å². The number of methoxy groups -OCH3 is 1. The third-order valence-corrected chi connectivity index (χ3v) is 7.08. The van der Waals surface area contributed by atoms with Gasteiger partial charge in [0.1, 0.15) is 23.6 Å². The van der Waals surface area contributed by atoms with Gasteiger partial charge in [-0.25, -0.2) is 0 Å². The monoisotopic (exact) mass is 515 g/mol. The second kappa shape index (κ2) is 11.7. The Balaban J connectivity index is 1.38. The maximum atomic E-state index is 13.0. The predicted molar refractivity (Wildman–Crippen MR) is 148 cm³/mol. The average Bonchev–Trinajstić information content (AvgIpc) is 3.21. The molecule has 0 unspecified atom stereocenters. The first-order chi connectivity index (χ1) is 18.1. The second-order valence-electron chi connectivity index (χ2n) is 10.7. The van der Waals surface area contributed by atoms with Gasteiger partial charge in [0.25, 0.3) is 0 Å². The maximum absolute atomic E-state index is 13.0. The molecule has 1 aliphatic heterocycles. The fraction of sp³-hybridized carbons (Fsp3) is 0.375. The lowest BCUT2D eigenvalue weighted by Crippen LogP contribution is -2.35. The molecular weight excluding hydrogens is 478 g/mol. The summed E-state index contributed by atoms with van der Waals surface area (Å²) in [7, 11) is 1.58. The molecule has 6 nitrogen and oxygen atoms in total. The van der Waals surface area contributed by atoms with Crippen molar-refractivity contribution in [3.05, 3.63) is 94.5 Å². The van der Waals surface area contributed by atoms with Crippen molar-refractivity contribution < 1.29 is 24.2 Å². The molecule has 1 aliphatic rings. The van der Waals surface area contributed by atoms with Crippen molar-refractivity contribution >= 4 is 11.9 Å². The van der Waals surface area contributed by atoms with Crippen LogP contribution in [0.25, 0.3) is 0 Å². The lowest BCUT2D eigenvalue weighted by molar-refractivity contribution is -0.144. The van der Waals surface area contributed by atoms with E-state index in [-0.39, 0.29) is 31.0 Å². The summed E-state index contributed by atoms with van der Waals surface area (Å²) in [5.74, 6) is 0.850. The first kappa shape index (κ1) is 27.2. The number of benzene rings is 3. The fourth-order valence-corrected chi connectivity index (χ4v) is 5.08. The normalized spacial score (nSPS) is 16.1. The first-order valence-electron chi connectivity index (χ1n) is 13.2. The van der Waals surface area contributed by atoms with E-state index in [9.17, 15) is 14.7 Å². The van der Waals surface area contributed by atoms with E-state index in [1.165, 1.54) is 16.0 Å². The molecule has 0 saturated carbocycles. The smallest absolute Gasteiger partial charge is 0.323 e. The number of hydrogen-bond acceptors (Lipinski definition) is 4. The lowest BCUT2D eigenvalue weighted by atomic mass is 9.90. The van der Waals surface area contributed by atoms with Gasteiger partial charge in [-0.2, -0.15) is 0 Å². The Morgan fingerprint density at radius 3 is 2.45 bits per heavy atom. The molecule has 0 spiro atoms. The molecule has 0 aromatic heterocycles. The van der Waals surface area contributed by atoms with Crippen molar-refractivity contribution in [1.82, 2.24) is 4.90 Å². The van der Waals surface area contributed by atoms with Crippen LogP contribution in [0, 0.1) is 0 Å². The zero-order valence-corrected chi connectivity index (χ0v) is 22.7. The van der Waals surface area contributed by atoms with E-state index in [0.717, 1.165) is 35.3 Å². The zero-order chi connectivity index (χ0) is 27.3. The van der Waals surface area contributed by atoms with Gasteiger partial charge in [-0.3, -0.25) is 9.59 Å². The van der Waals surface area contributed by atoms with E-state index < -0.39 is 5.97 Å². The molecule has 0 radical (unpaired) electrons. The number of ether oxygens (including phenoxy) is 2. The van der Waals surface area contributed by atoms with Crippen LogP contribution in [0.4, 0.5) is 0 Å². The van der Waals surface area contributed by atoms with Crippen LogP contribution in [-0.4, -0.2) is 41.1 Å². The molecule has 6 heteroatoms. The number of rotatable bonds is 11. The standard InChI is InChI=1S/C32H37NO5/c1-22(2)26-12-8-24(9-13-26)18-32(3)19-27-16-23(10-14-29(27)38-32)11-15-30(34)33(21-31(35)36)20-25-6-5-7-28(17-25)37-4/h5-10,12-14,16-17,22H,11,15,18-21H2,1-4H3,(H,35,36)/t32-/m0/s1. The summed E-state index contributed by atoms with van der Waals surface area (Å²) in [5.41, 5.74) is 5.29. The third-order valence-electron chi connectivity index (χ3n) is 7.08. The van der Waals surface area contributed by atoms with E-state index in [2.05, 4.69) is 51.1 Å². The van der Waals surface area contributed by atoms with Crippen LogP contribution in [0.1, 0.15) is 60.9 Å². The summed E-state index contributed by atoms with van der Waals surface area (Å²) in [6.07, 6.45) is 2.39. The molecule has 3 aromatic carbocycles. The van der Waals surface area contributed by atoms with E-state index in [4.69, 9.17) is 9.47 Å². The number of aliphatic carboxylic acids is 1. The molecule has 0 bridgehead atoms. The van der Waals surface area contributed by atoms with Gasteiger partial charge >= 0.3 is 5.97 Å². The molecule has 0 fully saturated rings. The van der Waals surface area contributed by atoms with Crippen molar-refractivity contribution in [1.29, 1.82) is 0 Å². The van der Waals surface area contributed by atoms with Crippen molar-refractivity contribution in [3.63, 3.8) is 0 Å². The zero-order valence-electron chi connectivity index (χ0n) is 22.7. The first-order valence-corrected chi connectivity index (χ1v) is 13.2. The van der Waals surface area contributed by atoms with Gasteiger partial charge in [0.15, 0.2) is 0 Å². The topological polar surface area (TPSA) is 76.1 Å². The van der Waals surface area contributed by atoms with Crippen LogP contribution in [0.2, 0.25) is 0 Å². The van der Waals surface area contributed by atoms with Crippen molar-refractivity contribution in [2.75, 3.05) is 13.7 Å². The summed E-state index contributed by atoms with van der Waals surface area (Å²) >= 11 is 0. The van der Waals surface area contributed by atoms with Crippen LogP contribution in [0.15, 0.2) is 66.7 Å². The summed E-state index contributed by atoms with van der Waals surface area (Å²) in [6.45, 7) is 6.42. The quantitative estimate of drug-likeness (QED) is 0.349. The molecule has 0 aliphatic carbocycles. The summed E-state index contributed by atoms with van der Waals surface area (Å²) < 4.78 is 11.6. The molecule has 38 heavy (non-hydrogen) atoms. The number of nitrogens with zero attached hydrogens (tertiary/aromatic N) is 1. The molecule has 1 N–H and O–H groups in total. The highest BCUT2D eigenvalue weighted by molar-refractivity contribution is 5.81. The molecule has 3 aromatic rings. The number of amides is 1. The Labute approximate surface area is 225 Å². The summed E-state index contributed by atoms with van der Waals surface area (Å²) in [4.78, 5) is 25.8. The molecule has 1 heterocycles. The van der Waals surface area contributed by atoms with Crippen molar-refractivity contribution in [2.24, 2.45) is 0 Å². The van der Waals surface area contributed by atoms with Gasteiger partial charge in [0.2, 0.25) is 5.91 Å². The Bertz CT molecular complexity index is 1280. The van der Waals surface area contributed by atoms with Gasteiger partial charge in [0.05, 0.1) is 7.11 Å². The Morgan fingerprint density at radius 2 is 1.76 bits per heavy atom. The average molecular weight is 516 g/mol. The van der Waals surface area contributed by atoms with Crippen LogP contribution in [-0.2, 0) is 35.4 Å². The van der Waals surface area contributed by atoms with Crippen molar-refractivity contribution in [3.8, 4) is 11.5 Å². The number of carboxylic acid groups (broad SMARTS) is 1. The van der Waals surface area contributed by atoms with E-state index in [1.807, 2.05) is 36.4 Å². The van der Waals surface area contributed by atoms with Crippen LogP contribution in [0.5, 0.6) is 11.5 Å².